The van der Waals surface area contributed by atoms with Crippen molar-refractivity contribution in [1.82, 2.24) is 4.98 Å². The highest BCUT2D eigenvalue weighted by molar-refractivity contribution is 9.10. The van der Waals surface area contributed by atoms with E-state index in [1.807, 2.05) is 6.07 Å². The maximum atomic E-state index is 13.3. The largest absolute Gasteiger partial charge is 0.417 e. The number of hydrogen-bond donors (Lipinski definition) is 2. The smallest absolute Gasteiger partial charge is 0.353 e. The van der Waals surface area contributed by atoms with E-state index in [-0.39, 0.29) is 5.02 Å². The minimum atomic E-state index is -4.53. The van der Waals surface area contributed by atoms with Crippen molar-refractivity contribution < 1.29 is 13.2 Å². The second kappa shape index (κ2) is 8.03. The van der Waals surface area contributed by atoms with Crippen LogP contribution in [-0.4, -0.2) is 11.5 Å². The second-order valence-electron chi connectivity index (χ2n) is 6.23. The lowest BCUT2D eigenvalue weighted by molar-refractivity contribution is -0.137. The van der Waals surface area contributed by atoms with Gasteiger partial charge in [0.05, 0.1) is 21.1 Å². The van der Waals surface area contributed by atoms with Crippen molar-refractivity contribution in [2.75, 3.05) is 6.54 Å². The third-order valence-corrected chi connectivity index (χ3v) is 5.46. The van der Waals surface area contributed by atoms with Gasteiger partial charge in [-0.2, -0.15) is 13.2 Å². The number of aryl methyl sites for hydroxylation is 1. The van der Waals surface area contributed by atoms with Gasteiger partial charge in [0.1, 0.15) is 0 Å². The number of aromatic amines is 1. The van der Waals surface area contributed by atoms with Crippen LogP contribution in [0.3, 0.4) is 0 Å². The van der Waals surface area contributed by atoms with E-state index in [1.54, 1.807) is 12.1 Å². The summed E-state index contributed by atoms with van der Waals surface area (Å²) in [6.45, 7) is 0.557. The fourth-order valence-electron chi connectivity index (χ4n) is 3.12. The molecule has 0 aliphatic carbocycles. The average Bonchev–Trinajstić information content (AvgIpc) is 2.93. The lowest BCUT2D eigenvalue weighted by Crippen LogP contribution is -2.06. The van der Waals surface area contributed by atoms with Gasteiger partial charge in [0.15, 0.2) is 0 Å². The molecule has 1 heterocycles. The topological polar surface area (TPSA) is 41.8 Å². The molecule has 0 aliphatic rings. The molecule has 0 bridgehead atoms. The molecule has 8 heteroatoms. The van der Waals surface area contributed by atoms with Crippen LogP contribution in [0.1, 0.15) is 24.0 Å². The van der Waals surface area contributed by atoms with Gasteiger partial charge in [0, 0.05) is 15.6 Å². The average molecular weight is 480 g/mol. The molecule has 2 aromatic carbocycles. The quantitative estimate of drug-likeness (QED) is 0.373. The van der Waals surface area contributed by atoms with Gasteiger partial charge in [-0.15, -0.1) is 0 Å². The van der Waals surface area contributed by atoms with E-state index in [4.69, 9.17) is 28.9 Å². The monoisotopic (exact) mass is 478 g/mol. The Balaban J connectivity index is 2.21. The minimum absolute atomic E-state index is 0.326. The first kappa shape index (κ1) is 20.5. The highest BCUT2D eigenvalue weighted by atomic mass is 79.9. The van der Waals surface area contributed by atoms with Crippen LogP contribution in [0.2, 0.25) is 10.0 Å². The van der Waals surface area contributed by atoms with Gasteiger partial charge in [-0.1, -0.05) is 45.2 Å². The maximum Gasteiger partial charge on any atom is 0.417 e. The number of nitrogens with one attached hydrogen (secondary N) is 1. The van der Waals surface area contributed by atoms with Crippen LogP contribution in [-0.2, 0) is 12.6 Å². The Kier molecular flexibility index (Phi) is 6.11. The van der Waals surface area contributed by atoms with E-state index in [9.17, 15) is 13.2 Å². The summed E-state index contributed by atoms with van der Waals surface area (Å²) >= 11 is 15.5. The Bertz CT molecular complexity index is 983. The van der Waals surface area contributed by atoms with Gasteiger partial charge in [-0.05, 0) is 61.2 Å². The first-order chi connectivity index (χ1) is 12.7. The molecule has 0 saturated carbocycles. The van der Waals surface area contributed by atoms with Crippen molar-refractivity contribution in [3.05, 3.63) is 56.0 Å². The summed E-state index contributed by atoms with van der Waals surface area (Å²) in [4.78, 5) is 3.21. The van der Waals surface area contributed by atoms with E-state index in [2.05, 4.69) is 20.9 Å². The molecule has 1 aromatic heterocycles. The van der Waals surface area contributed by atoms with Crippen LogP contribution >= 0.6 is 39.1 Å². The molecule has 0 saturated heterocycles. The van der Waals surface area contributed by atoms with Gasteiger partial charge in [0.2, 0.25) is 0 Å². The Morgan fingerprint density at radius 2 is 1.78 bits per heavy atom. The van der Waals surface area contributed by atoms with Gasteiger partial charge in [0.25, 0.3) is 0 Å². The number of rotatable bonds is 5. The number of H-pyrrole nitrogens is 1. The third kappa shape index (κ3) is 4.29. The standard InChI is InChI=1S/C19H16BrCl2F3N2/c20-11-8-13-12(3-1-2-6-26)17(27-18(13)16(22)9-11)10-4-5-15(21)14(7-10)19(23,24)25/h4-5,7-9,27H,1-3,6,26H2. The van der Waals surface area contributed by atoms with Crippen LogP contribution < -0.4 is 5.73 Å². The molecule has 0 unspecified atom stereocenters. The summed E-state index contributed by atoms with van der Waals surface area (Å²) in [7, 11) is 0. The minimum Gasteiger partial charge on any atom is -0.353 e. The molecule has 0 atom stereocenters. The van der Waals surface area contributed by atoms with Crippen LogP contribution in [0.15, 0.2) is 34.8 Å². The molecule has 3 aromatic rings. The molecule has 3 rings (SSSR count). The number of halogens is 6. The first-order valence-corrected chi connectivity index (χ1v) is 9.84. The Morgan fingerprint density at radius 1 is 1.04 bits per heavy atom. The summed E-state index contributed by atoms with van der Waals surface area (Å²) < 4.78 is 40.6. The van der Waals surface area contributed by atoms with Crippen molar-refractivity contribution in [2.24, 2.45) is 5.73 Å². The molecule has 0 spiro atoms. The summed E-state index contributed by atoms with van der Waals surface area (Å²) in [5, 5.41) is 1.05. The predicted molar refractivity (Wildman–Crippen MR) is 108 cm³/mol. The maximum absolute atomic E-state index is 13.3. The Labute approximate surface area is 173 Å². The van der Waals surface area contributed by atoms with Gasteiger partial charge >= 0.3 is 6.18 Å². The molecule has 3 N–H and O–H groups in total. The van der Waals surface area contributed by atoms with Crippen molar-refractivity contribution in [1.29, 1.82) is 0 Å². The lowest BCUT2D eigenvalue weighted by atomic mass is 9.99. The lowest BCUT2D eigenvalue weighted by Gasteiger charge is -2.12. The van der Waals surface area contributed by atoms with Crippen molar-refractivity contribution in [2.45, 2.75) is 25.4 Å². The summed E-state index contributed by atoms with van der Waals surface area (Å²) in [5.74, 6) is 0. The zero-order chi connectivity index (χ0) is 19.8. The molecule has 0 radical (unpaired) electrons. The number of unbranched alkanes of at least 4 members (excludes halogenated alkanes) is 1. The summed E-state index contributed by atoms with van der Waals surface area (Å²) in [6, 6.07) is 7.59. The number of benzene rings is 2. The fraction of sp³-hybridized carbons (Fsp3) is 0.263. The summed E-state index contributed by atoms with van der Waals surface area (Å²) in [5.41, 5.74) is 7.36. The predicted octanol–water partition coefficient (Wildman–Crippen LogP) is 7.20. The van der Waals surface area contributed by atoms with E-state index < -0.39 is 11.7 Å². The molecule has 144 valence electrons. The van der Waals surface area contributed by atoms with Crippen LogP contribution in [0.5, 0.6) is 0 Å². The van der Waals surface area contributed by atoms with Crippen LogP contribution in [0.25, 0.3) is 22.2 Å². The van der Waals surface area contributed by atoms with E-state index in [1.165, 1.54) is 6.07 Å². The number of nitrogens with two attached hydrogens (primary N) is 1. The van der Waals surface area contributed by atoms with Crippen molar-refractivity contribution in [3.8, 4) is 11.3 Å². The fourth-order valence-corrected chi connectivity index (χ4v) is 4.20. The second-order valence-corrected chi connectivity index (χ2v) is 7.96. The number of hydrogen-bond acceptors (Lipinski definition) is 1. The number of aromatic nitrogens is 1. The Morgan fingerprint density at radius 3 is 2.44 bits per heavy atom. The number of alkyl halides is 3. The highest BCUT2D eigenvalue weighted by Gasteiger charge is 2.33. The van der Waals surface area contributed by atoms with Gasteiger partial charge in [-0.3, -0.25) is 0 Å². The van der Waals surface area contributed by atoms with E-state index in [0.717, 1.165) is 34.3 Å². The number of fused-ring (bicyclic) bond motifs is 1. The van der Waals surface area contributed by atoms with Crippen molar-refractivity contribution >= 4 is 50.0 Å². The van der Waals surface area contributed by atoms with Gasteiger partial charge < -0.3 is 10.7 Å². The Hall–Kier alpha value is -1.21. The molecular weight excluding hydrogens is 464 g/mol. The molecule has 27 heavy (non-hydrogen) atoms. The zero-order valence-corrected chi connectivity index (χ0v) is 17.2. The SMILES string of the molecule is NCCCCc1c(-c2ccc(Cl)c(C(F)(F)F)c2)[nH]c2c(Cl)cc(Br)cc12. The van der Waals surface area contributed by atoms with E-state index >= 15 is 0 Å². The highest BCUT2D eigenvalue weighted by Crippen LogP contribution is 2.40. The third-order valence-electron chi connectivity index (χ3n) is 4.37. The molecule has 2 nitrogen and oxygen atoms in total. The normalized spacial score (nSPS) is 12.1. The van der Waals surface area contributed by atoms with Gasteiger partial charge in [-0.25, -0.2) is 0 Å². The van der Waals surface area contributed by atoms with Crippen LogP contribution in [0.4, 0.5) is 13.2 Å². The molecule has 0 aliphatic heterocycles. The molecular formula is C19H16BrCl2F3N2. The first-order valence-electron chi connectivity index (χ1n) is 8.29. The molecule has 0 amide bonds. The zero-order valence-electron chi connectivity index (χ0n) is 14.1. The molecule has 0 fully saturated rings. The summed E-state index contributed by atoms with van der Waals surface area (Å²) in [6.07, 6.45) is -2.22. The van der Waals surface area contributed by atoms with Crippen molar-refractivity contribution in [3.63, 3.8) is 0 Å². The van der Waals surface area contributed by atoms with E-state index in [0.29, 0.717) is 34.8 Å². The van der Waals surface area contributed by atoms with Crippen LogP contribution in [0, 0.1) is 0 Å².